The molecular formula is C22H20F2N4O3. The monoisotopic (exact) mass is 426 g/mol. The van der Waals surface area contributed by atoms with Gasteiger partial charge in [-0.2, -0.15) is 0 Å². The highest BCUT2D eigenvalue weighted by Gasteiger charge is 2.28. The fraction of sp³-hybridized carbons (Fsp3) is 0.273. The van der Waals surface area contributed by atoms with Crippen LogP contribution >= 0.6 is 0 Å². The molecule has 0 spiro atoms. The van der Waals surface area contributed by atoms with Gasteiger partial charge in [-0.15, -0.1) is 0 Å². The summed E-state index contributed by atoms with van der Waals surface area (Å²) in [7, 11) is 0. The molecule has 0 bridgehead atoms. The molecule has 7 nitrogen and oxygen atoms in total. The number of likely N-dealkylation sites (tertiary alicyclic amines) is 1. The Bertz CT molecular complexity index is 1150. The third-order valence-corrected chi connectivity index (χ3v) is 5.35. The van der Waals surface area contributed by atoms with Crippen LogP contribution in [0.15, 0.2) is 42.6 Å². The summed E-state index contributed by atoms with van der Waals surface area (Å²) in [4.78, 5) is 34.4. The molecule has 0 saturated carbocycles. The molecule has 4 rings (SSSR count). The minimum atomic E-state index is -1.09. The number of anilines is 1. The SMILES string of the molecule is O=C(O)c1cccc(C(=O)N2CCCC[C@H]2CNc2cnc3cc(F)c(F)cc3n2)c1. The van der Waals surface area contributed by atoms with Gasteiger partial charge in [0.25, 0.3) is 5.91 Å². The van der Waals surface area contributed by atoms with Crippen LogP contribution in [0.25, 0.3) is 11.0 Å². The quantitative estimate of drug-likeness (QED) is 0.646. The van der Waals surface area contributed by atoms with Crippen molar-refractivity contribution in [1.29, 1.82) is 0 Å². The van der Waals surface area contributed by atoms with Crippen LogP contribution in [0.1, 0.15) is 40.0 Å². The second-order valence-corrected chi connectivity index (χ2v) is 7.43. The van der Waals surface area contributed by atoms with E-state index >= 15 is 0 Å². The number of hydrogen-bond donors (Lipinski definition) is 2. The van der Waals surface area contributed by atoms with E-state index in [0.717, 1.165) is 31.4 Å². The van der Waals surface area contributed by atoms with Crippen LogP contribution in [-0.4, -0.2) is 51.0 Å². The minimum Gasteiger partial charge on any atom is -0.478 e. The lowest BCUT2D eigenvalue weighted by Crippen LogP contribution is -2.47. The van der Waals surface area contributed by atoms with E-state index in [9.17, 15) is 23.5 Å². The number of fused-ring (bicyclic) bond motifs is 1. The van der Waals surface area contributed by atoms with Crippen LogP contribution in [0.4, 0.5) is 14.6 Å². The van der Waals surface area contributed by atoms with Crippen molar-refractivity contribution in [1.82, 2.24) is 14.9 Å². The van der Waals surface area contributed by atoms with Crippen LogP contribution in [0.5, 0.6) is 0 Å². The van der Waals surface area contributed by atoms with E-state index in [0.29, 0.717) is 24.5 Å². The summed E-state index contributed by atoms with van der Waals surface area (Å²) in [6.07, 6.45) is 4.03. The molecule has 1 aliphatic heterocycles. The average Bonchev–Trinajstić information content (AvgIpc) is 2.78. The Labute approximate surface area is 176 Å². The maximum absolute atomic E-state index is 13.5. The number of aromatic carboxylic acids is 1. The summed E-state index contributed by atoms with van der Waals surface area (Å²) in [5, 5.41) is 12.3. The van der Waals surface area contributed by atoms with Gasteiger partial charge in [-0.05, 0) is 37.5 Å². The molecule has 0 radical (unpaired) electrons. The highest BCUT2D eigenvalue weighted by molar-refractivity contribution is 5.97. The number of aromatic nitrogens is 2. The maximum Gasteiger partial charge on any atom is 0.335 e. The normalized spacial score (nSPS) is 16.3. The fourth-order valence-corrected chi connectivity index (χ4v) is 3.75. The minimum absolute atomic E-state index is 0.0626. The molecule has 1 aliphatic rings. The lowest BCUT2D eigenvalue weighted by molar-refractivity contribution is 0.0628. The molecule has 3 aromatic rings. The molecule has 160 valence electrons. The molecule has 1 atom stereocenters. The predicted octanol–water partition coefficient (Wildman–Crippen LogP) is 3.71. The van der Waals surface area contributed by atoms with E-state index in [2.05, 4.69) is 15.3 Å². The van der Waals surface area contributed by atoms with Gasteiger partial charge in [0.15, 0.2) is 11.6 Å². The topological polar surface area (TPSA) is 95.4 Å². The van der Waals surface area contributed by atoms with Gasteiger partial charge < -0.3 is 15.3 Å². The Balaban J connectivity index is 1.50. The molecule has 0 aliphatic carbocycles. The van der Waals surface area contributed by atoms with Gasteiger partial charge in [0.2, 0.25) is 0 Å². The molecule has 0 unspecified atom stereocenters. The van der Waals surface area contributed by atoms with Crippen molar-refractivity contribution in [3.8, 4) is 0 Å². The Kier molecular flexibility index (Phi) is 5.75. The second-order valence-electron chi connectivity index (χ2n) is 7.43. The maximum atomic E-state index is 13.5. The summed E-state index contributed by atoms with van der Waals surface area (Å²) >= 11 is 0. The van der Waals surface area contributed by atoms with Crippen LogP contribution in [0.2, 0.25) is 0 Å². The highest BCUT2D eigenvalue weighted by Crippen LogP contribution is 2.22. The highest BCUT2D eigenvalue weighted by atomic mass is 19.2. The van der Waals surface area contributed by atoms with E-state index in [4.69, 9.17) is 0 Å². The lowest BCUT2D eigenvalue weighted by Gasteiger charge is -2.36. The number of halogens is 2. The van der Waals surface area contributed by atoms with Gasteiger partial charge in [0.1, 0.15) is 5.82 Å². The number of carbonyl (C=O) groups excluding carboxylic acids is 1. The van der Waals surface area contributed by atoms with Crippen LogP contribution in [-0.2, 0) is 0 Å². The van der Waals surface area contributed by atoms with Crippen molar-refractivity contribution in [3.05, 3.63) is 65.4 Å². The Morgan fingerprint density at radius 1 is 1.10 bits per heavy atom. The lowest BCUT2D eigenvalue weighted by atomic mass is 10.00. The number of rotatable bonds is 5. The third kappa shape index (κ3) is 4.45. The number of carbonyl (C=O) groups is 2. The van der Waals surface area contributed by atoms with Gasteiger partial charge >= 0.3 is 5.97 Å². The first-order valence-electron chi connectivity index (χ1n) is 9.92. The Morgan fingerprint density at radius 2 is 1.84 bits per heavy atom. The van der Waals surface area contributed by atoms with Crippen molar-refractivity contribution in [2.75, 3.05) is 18.4 Å². The molecule has 2 aromatic carbocycles. The molecule has 1 fully saturated rings. The summed E-state index contributed by atoms with van der Waals surface area (Å²) in [6.45, 7) is 0.963. The molecule has 1 saturated heterocycles. The zero-order chi connectivity index (χ0) is 22.0. The number of piperidine rings is 1. The number of amides is 1. The van der Waals surface area contributed by atoms with Gasteiger partial charge in [0, 0.05) is 36.8 Å². The molecular weight excluding hydrogens is 406 g/mol. The van der Waals surface area contributed by atoms with Crippen LogP contribution < -0.4 is 5.32 Å². The molecule has 31 heavy (non-hydrogen) atoms. The first kappa shape index (κ1) is 20.6. The van der Waals surface area contributed by atoms with Gasteiger partial charge in [-0.1, -0.05) is 6.07 Å². The summed E-state index contributed by atoms with van der Waals surface area (Å²) in [5.41, 5.74) is 0.866. The van der Waals surface area contributed by atoms with Crippen molar-refractivity contribution >= 4 is 28.7 Å². The van der Waals surface area contributed by atoms with E-state index in [1.807, 2.05) is 0 Å². The number of benzene rings is 2. The number of hydrogen-bond acceptors (Lipinski definition) is 5. The standard InChI is InChI=1S/C22H20F2N4O3/c23-16-9-18-19(10-17(16)24)27-20(12-25-18)26-11-15-6-1-2-7-28(15)21(29)13-4-3-5-14(8-13)22(30)31/h3-5,8-10,12,15H,1-2,6-7,11H2,(H,26,27)(H,30,31)/t15-/m0/s1. The molecule has 9 heteroatoms. The second kappa shape index (κ2) is 8.63. The Morgan fingerprint density at radius 3 is 2.61 bits per heavy atom. The summed E-state index contributed by atoms with van der Waals surface area (Å²) in [5.74, 6) is -2.89. The van der Waals surface area contributed by atoms with Crippen molar-refractivity contribution in [3.63, 3.8) is 0 Å². The van der Waals surface area contributed by atoms with E-state index in [1.54, 1.807) is 17.0 Å². The third-order valence-electron chi connectivity index (χ3n) is 5.35. The van der Waals surface area contributed by atoms with Crippen molar-refractivity contribution < 1.29 is 23.5 Å². The summed E-state index contributed by atoms with van der Waals surface area (Å²) < 4.78 is 26.8. The predicted molar refractivity (Wildman–Crippen MR) is 110 cm³/mol. The van der Waals surface area contributed by atoms with E-state index in [-0.39, 0.29) is 28.5 Å². The average molecular weight is 426 g/mol. The summed E-state index contributed by atoms with van der Waals surface area (Å²) in [6, 6.07) is 7.85. The fourth-order valence-electron chi connectivity index (χ4n) is 3.75. The van der Waals surface area contributed by atoms with Crippen molar-refractivity contribution in [2.24, 2.45) is 0 Å². The zero-order valence-electron chi connectivity index (χ0n) is 16.5. The molecule has 1 aromatic heterocycles. The van der Waals surface area contributed by atoms with Crippen molar-refractivity contribution in [2.45, 2.75) is 25.3 Å². The Hall–Kier alpha value is -3.62. The van der Waals surface area contributed by atoms with E-state index < -0.39 is 17.6 Å². The first-order chi connectivity index (χ1) is 14.9. The van der Waals surface area contributed by atoms with Crippen LogP contribution in [0.3, 0.4) is 0 Å². The largest absolute Gasteiger partial charge is 0.478 e. The number of carboxylic acids is 1. The smallest absolute Gasteiger partial charge is 0.335 e. The van der Waals surface area contributed by atoms with Gasteiger partial charge in [-0.3, -0.25) is 9.78 Å². The number of carboxylic acid groups (broad SMARTS) is 1. The van der Waals surface area contributed by atoms with Gasteiger partial charge in [0.05, 0.1) is 22.8 Å². The molecule has 1 amide bonds. The number of nitrogens with zero attached hydrogens (tertiary/aromatic N) is 3. The zero-order valence-corrected chi connectivity index (χ0v) is 16.5. The van der Waals surface area contributed by atoms with Crippen LogP contribution in [0, 0.1) is 11.6 Å². The number of nitrogens with one attached hydrogen (secondary N) is 1. The van der Waals surface area contributed by atoms with E-state index in [1.165, 1.54) is 18.3 Å². The van der Waals surface area contributed by atoms with Gasteiger partial charge in [-0.25, -0.2) is 18.6 Å². The molecule has 2 heterocycles. The first-order valence-corrected chi connectivity index (χ1v) is 9.92. The molecule has 2 N–H and O–H groups in total.